The van der Waals surface area contributed by atoms with Crippen molar-refractivity contribution >= 4 is 34.2 Å². The van der Waals surface area contributed by atoms with Crippen molar-refractivity contribution in [3.05, 3.63) is 84.9 Å². The molecule has 2 atom stereocenters. The van der Waals surface area contributed by atoms with Crippen molar-refractivity contribution in [2.45, 2.75) is 25.5 Å². The molecule has 0 amide bonds. The number of benzene rings is 1. The number of halogens is 1. The van der Waals surface area contributed by atoms with Crippen LogP contribution in [0, 0.1) is 5.92 Å². The van der Waals surface area contributed by atoms with Crippen LogP contribution in [0.4, 0.5) is 0 Å². The minimum absolute atomic E-state index is 0.00146. The average molecular weight is 549 g/mol. The number of H-pyrrole nitrogens is 1. The summed E-state index contributed by atoms with van der Waals surface area (Å²) in [7, 11) is 2.79. The Balaban J connectivity index is 1.52. The smallest absolute Gasteiger partial charge is 0.330 e. The van der Waals surface area contributed by atoms with E-state index >= 15 is 0 Å². The molecule has 0 bridgehead atoms. The summed E-state index contributed by atoms with van der Waals surface area (Å²) in [5.74, 6) is -1.55. The molecule has 1 aliphatic carbocycles. The van der Waals surface area contributed by atoms with E-state index in [2.05, 4.69) is 15.0 Å². The van der Waals surface area contributed by atoms with E-state index in [1.165, 1.54) is 30.9 Å². The molecule has 1 N–H and O–H groups in total. The lowest BCUT2D eigenvalue weighted by molar-refractivity contribution is 0.0257. The van der Waals surface area contributed by atoms with Crippen molar-refractivity contribution in [2.24, 2.45) is 5.92 Å². The Morgan fingerprint density at radius 2 is 1.92 bits per heavy atom. The monoisotopic (exact) mass is 548 g/mol. The van der Waals surface area contributed by atoms with Crippen LogP contribution in [0.1, 0.15) is 38.9 Å². The summed E-state index contributed by atoms with van der Waals surface area (Å²) in [5, 5.41) is 0.0624. The summed E-state index contributed by atoms with van der Waals surface area (Å²) in [5.41, 5.74) is -1.99. The second-order valence-corrected chi connectivity index (χ2v) is 9.84. The largest absolute Gasteiger partial charge is 0.496 e. The molecule has 3 aromatic heterocycles. The first-order valence-electron chi connectivity index (χ1n) is 12.0. The van der Waals surface area contributed by atoms with E-state index in [9.17, 15) is 19.2 Å². The minimum Gasteiger partial charge on any atom is -0.496 e. The number of carbonyl (C=O) groups is 2. The molecule has 11 nitrogen and oxygen atoms in total. The fourth-order valence-electron chi connectivity index (χ4n) is 5.35. The molecule has 1 spiro atoms. The number of Topliss-reactive ketones (excluding diaryl/α,β-unsaturated/α-hetero) is 2. The van der Waals surface area contributed by atoms with Crippen molar-refractivity contribution in [1.82, 2.24) is 19.5 Å². The van der Waals surface area contributed by atoms with Crippen LogP contribution in [0.3, 0.4) is 0 Å². The number of hydrogen-bond acceptors (Lipinski definition) is 9. The highest BCUT2D eigenvalue weighted by molar-refractivity contribution is 6.36. The van der Waals surface area contributed by atoms with Crippen LogP contribution in [-0.2, 0) is 13.0 Å². The van der Waals surface area contributed by atoms with Gasteiger partial charge in [-0.15, -0.1) is 0 Å². The van der Waals surface area contributed by atoms with Gasteiger partial charge in [-0.25, -0.2) is 9.78 Å². The molecule has 198 valence electrons. The highest BCUT2D eigenvalue weighted by atomic mass is 35.5. The van der Waals surface area contributed by atoms with Gasteiger partial charge in [-0.3, -0.25) is 28.9 Å². The zero-order valence-electron chi connectivity index (χ0n) is 21.0. The molecular weight excluding hydrogens is 528 g/mol. The van der Waals surface area contributed by atoms with E-state index in [-0.39, 0.29) is 57.4 Å². The lowest BCUT2D eigenvalue weighted by Crippen LogP contribution is -2.57. The van der Waals surface area contributed by atoms with Crippen LogP contribution < -0.4 is 25.5 Å². The van der Waals surface area contributed by atoms with Gasteiger partial charge in [0.15, 0.2) is 5.75 Å². The normalized spacial score (nSPS) is 19.6. The Kier molecular flexibility index (Phi) is 5.58. The molecule has 0 fully saturated rings. The highest BCUT2D eigenvalue weighted by Gasteiger charge is 2.62. The van der Waals surface area contributed by atoms with Crippen molar-refractivity contribution in [3.63, 3.8) is 0 Å². The standard InChI is InChI=1S/C27H21ClN4O7/c1-12-7-16-14(8-15-24(30-16)32(26(36)31-25(15)35)11-13-5-4-6-29-10-13)22(33)27(12)23(34)19-17(37-2)9-18(38-3)20(28)21(19)39-27/h4-6,8-10,12H,7,11H2,1-3H3,(H,31,35,36)/t12-,27+/m1/s1. The predicted octanol–water partition coefficient (Wildman–Crippen LogP) is 2.59. The third kappa shape index (κ3) is 3.42. The Labute approximate surface area is 225 Å². The van der Waals surface area contributed by atoms with Gasteiger partial charge >= 0.3 is 5.69 Å². The Morgan fingerprint density at radius 1 is 1.15 bits per heavy atom. The van der Waals surface area contributed by atoms with Gasteiger partial charge < -0.3 is 14.2 Å². The summed E-state index contributed by atoms with van der Waals surface area (Å²) in [6.07, 6.45) is 3.37. The Hall–Kier alpha value is -4.51. The molecule has 6 rings (SSSR count). The molecular formula is C27H21ClN4O7. The number of pyridine rings is 2. The number of ether oxygens (including phenoxy) is 3. The molecule has 0 unspecified atom stereocenters. The number of nitrogens with zero attached hydrogens (tertiary/aromatic N) is 3. The van der Waals surface area contributed by atoms with Crippen LogP contribution in [0.15, 0.2) is 46.2 Å². The predicted molar refractivity (Wildman–Crippen MR) is 139 cm³/mol. The van der Waals surface area contributed by atoms with Gasteiger partial charge in [0.25, 0.3) is 5.56 Å². The number of ketones is 2. The molecule has 1 aromatic carbocycles. The van der Waals surface area contributed by atoms with Crippen LogP contribution in [-0.4, -0.2) is 50.9 Å². The van der Waals surface area contributed by atoms with Crippen LogP contribution in [0.25, 0.3) is 11.0 Å². The van der Waals surface area contributed by atoms with Crippen LogP contribution in [0.5, 0.6) is 17.2 Å². The number of carbonyl (C=O) groups excluding carboxylic acids is 2. The molecule has 1 aliphatic heterocycles. The molecule has 0 saturated carbocycles. The molecule has 12 heteroatoms. The first-order chi connectivity index (χ1) is 18.7. The maximum atomic E-state index is 14.1. The van der Waals surface area contributed by atoms with E-state index in [0.29, 0.717) is 5.69 Å². The van der Waals surface area contributed by atoms with E-state index in [0.717, 1.165) is 5.56 Å². The molecule has 0 saturated heterocycles. The minimum atomic E-state index is -1.94. The maximum Gasteiger partial charge on any atom is 0.330 e. The number of fused-ring (bicyclic) bond motifs is 3. The van der Waals surface area contributed by atoms with Crippen molar-refractivity contribution in [2.75, 3.05) is 14.2 Å². The second-order valence-electron chi connectivity index (χ2n) is 9.46. The van der Waals surface area contributed by atoms with Gasteiger partial charge in [-0.05, 0) is 24.1 Å². The molecule has 0 radical (unpaired) electrons. The number of methoxy groups -OCH3 is 2. The van der Waals surface area contributed by atoms with Gasteiger partial charge in [0.2, 0.25) is 17.2 Å². The summed E-state index contributed by atoms with van der Waals surface area (Å²) in [6.45, 7) is 1.81. The topological polar surface area (TPSA) is 142 Å². The van der Waals surface area contributed by atoms with E-state index in [1.807, 2.05) is 0 Å². The number of nitrogens with one attached hydrogen (secondary N) is 1. The van der Waals surface area contributed by atoms with Crippen LogP contribution in [0.2, 0.25) is 5.02 Å². The van der Waals surface area contributed by atoms with Crippen molar-refractivity contribution in [1.29, 1.82) is 0 Å². The van der Waals surface area contributed by atoms with Gasteiger partial charge in [-0.1, -0.05) is 24.6 Å². The maximum absolute atomic E-state index is 14.1. The number of aromatic nitrogens is 4. The van der Waals surface area contributed by atoms with Crippen molar-refractivity contribution < 1.29 is 23.8 Å². The fourth-order valence-corrected chi connectivity index (χ4v) is 5.61. The molecule has 4 aromatic rings. The van der Waals surface area contributed by atoms with Gasteiger partial charge in [0.1, 0.15) is 27.7 Å². The van der Waals surface area contributed by atoms with Gasteiger partial charge in [0.05, 0.1) is 31.8 Å². The lowest BCUT2D eigenvalue weighted by atomic mass is 9.71. The summed E-state index contributed by atoms with van der Waals surface area (Å²) >= 11 is 6.48. The summed E-state index contributed by atoms with van der Waals surface area (Å²) in [4.78, 5) is 64.6. The first-order valence-corrected chi connectivity index (χ1v) is 12.4. The Morgan fingerprint density at radius 3 is 2.62 bits per heavy atom. The number of hydrogen-bond donors (Lipinski definition) is 1. The molecule has 4 heterocycles. The molecule has 2 aliphatic rings. The van der Waals surface area contributed by atoms with E-state index in [1.54, 1.807) is 31.5 Å². The van der Waals surface area contributed by atoms with Crippen LogP contribution >= 0.6 is 11.6 Å². The highest BCUT2D eigenvalue weighted by Crippen LogP contribution is 2.53. The third-order valence-electron chi connectivity index (χ3n) is 7.30. The average Bonchev–Trinajstić information content (AvgIpc) is 3.25. The second kappa shape index (κ2) is 8.77. The van der Waals surface area contributed by atoms with Crippen molar-refractivity contribution in [3.8, 4) is 17.2 Å². The third-order valence-corrected chi connectivity index (χ3v) is 7.66. The number of rotatable bonds is 4. The first kappa shape index (κ1) is 24.8. The zero-order chi connectivity index (χ0) is 27.6. The fraction of sp³-hybridized carbons (Fsp3) is 0.259. The van der Waals surface area contributed by atoms with E-state index in [4.69, 9.17) is 25.8 Å². The van der Waals surface area contributed by atoms with Gasteiger partial charge in [0, 0.05) is 29.9 Å². The Bertz CT molecular complexity index is 1830. The quantitative estimate of drug-likeness (QED) is 0.381. The van der Waals surface area contributed by atoms with E-state index < -0.39 is 34.3 Å². The molecule has 39 heavy (non-hydrogen) atoms. The van der Waals surface area contributed by atoms with Gasteiger partial charge in [-0.2, -0.15) is 0 Å². The lowest BCUT2D eigenvalue weighted by Gasteiger charge is -2.36. The number of aromatic amines is 1. The SMILES string of the molecule is COc1cc(OC)c2c(c1Cl)O[C@@]1(C(=O)c3cc4c(=O)[nH]c(=O)n(Cc5cccnc5)c4nc3C[C@H]1C)C2=O. The summed E-state index contributed by atoms with van der Waals surface area (Å²) < 4.78 is 18.1. The zero-order valence-corrected chi connectivity index (χ0v) is 21.8. The summed E-state index contributed by atoms with van der Waals surface area (Å²) in [6, 6.07) is 6.35.